The highest BCUT2D eigenvalue weighted by atomic mass is 31.2. The molecule has 0 radical (unpaired) electrons. The molecule has 3 saturated heterocycles. The van der Waals surface area contributed by atoms with Gasteiger partial charge in [0, 0.05) is 43.3 Å². The van der Waals surface area contributed by atoms with Crippen molar-refractivity contribution in [2.45, 2.75) is 37.6 Å². The van der Waals surface area contributed by atoms with Crippen LogP contribution in [0.4, 0.5) is 9.18 Å². The predicted octanol–water partition coefficient (Wildman–Crippen LogP) is 2.41. The maximum atomic E-state index is 14.4. The zero-order chi connectivity index (χ0) is 21.3. The molecule has 1 aromatic rings. The summed E-state index contributed by atoms with van der Waals surface area (Å²) in [6.07, 6.45) is 4.15. The molecule has 8 heteroatoms. The molecule has 0 atom stereocenters. The van der Waals surface area contributed by atoms with Gasteiger partial charge in [-0.1, -0.05) is 12.1 Å². The molecule has 1 aliphatic carbocycles. The summed E-state index contributed by atoms with van der Waals surface area (Å²) in [5.74, 6) is 0.280. The number of benzene rings is 1. The Morgan fingerprint density at radius 3 is 2.43 bits per heavy atom. The second kappa shape index (κ2) is 6.56. The van der Waals surface area contributed by atoms with Crippen LogP contribution in [0.25, 0.3) is 0 Å². The standard InChI is InChI=1S/C22H29FN3O3P/c1-30(2,29)17-4-3-16(18(23)8-17)7-15-9-21(10-15)11-25(12-21)20(28)26-13-22(14-26)6-5-19(27)24-22/h3-4,8,15H,5-7,9-14H2,1-2H3,(H,24,27). The van der Waals surface area contributed by atoms with E-state index in [9.17, 15) is 18.5 Å². The van der Waals surface area contributed by atoms with E-state index in [0.717, 1.165) is 32.4 Å². The lowest BCUT2D eigenvalue weighted by Gasteiger charge is -2.61. The molecule has 1 aromatic carbocycles. The number of likely N-dealkylation sites (tertiary alicyclic amines) is 2. The molecule has 162 valence electrons. The molecule has 1 N–H and O–H groups in total. The molecule has 6 nitrogen and oxygen atoms in total. The van der Waals surface area contributed by atoms with E-state index in [4.69, 9.17) is 0 Å². The number of amides is 3. The number of nitrogens with zero attached hydrogens (tertiary/aromatic N) is 2. The second-order valence-corrected chi connectivity index (χ2v) is 13.6. The van der Waals surface area contributed by atoms with Crippen molar-refractivity contribution in [2.75, 3.05) is 39.5 Å². The lowest BCUT2D eigenvalue weighted by Crippen LogP contribution is -2.73. The summed E-state index contributed by atoms with van der Waals surface area (Å²) in [6, 6.07) is 5.10. The van der Waals surface area contributed by atoms with E-state index in [-0.39, 0.29) is 28.7 Å². The Morgan fingerprint density at radius 2 is 1.87 bits per heavy atom. The van der Waals surface area contributed by atoms with Crippen molar-refractivity contribution in [3.05, 3.63) is 29.6 Å². The molecule has 0 aromatic heterocycles. The minimum atomic E-state index is -2.45. The Bertz CT molecular complexity index is 954. The smallest absolute Gasteiger partial charge is 0.320 e. The number of hydrogen-bond acceptors (Lipinski definition) is 3. The number of hydrogen-bond donors (Lipinski definition) is 1. The van der Waals surface area contributed by atoms with Gasteiger partial charge in [0.05, 0.1) is 5.54 Å². The summed E-state index contributed by atoms with van der Waals surface area (Å²) in [5.41, 5.74) is 0.743. The monoisotopic (exact) mass is 433 g/mol. The Kier molecular flexibility index (Phi) is 4.38. The van der Waals surface area contributed by atoms with Crippen LogP contribution in [0.15, 0.2) is 18.2 Å². The number of nitrogens with one attached hydrogen (secondary N) is 1. The molecule has 4 aliphatic rings. The molecule has 30 heavy (non-hydrogen) atoms. The highest BCUT2D eigenvalue weighted by Crippen LogP contribution is 2.53. The third-order valence-electron chi connectivity index (χ3n) is 7.43. The van der Waals surface area contributed by atoms with Crippen LogP contribution in [0.1, 0.15) is 31.2 Å². The average Bonchev–Trinajstić information content (AvgIpc) is 2.96. The third kappa shape index (κ3) is 3.35. The molecule has 1 saturated carbocycles. The van der Waals surface area contributed by atoms with Gasteiger partial charge in [-0.25, -0.2) is 9.18 Å². The van der Waals surface area contributed by atoms with Crippen molar-refractivity contribution in [1.82, 2.24) is 15.1 Å². The van der Waals surface area contributed by atoms with Gasteiger partial charge in [0.1, 0.15) is 13.0 Å². The van der Waals surface area contributed by atoms with Gasteiger partial charge in [-0.3, -0.25) is 4.79 Å². The van der Waals surface area contributed by atoms with E-state index in [2.05, 4.69) is 5.32 Å². The Hall–Kier alpha value is -1.88. The van der Waals surface area contributed by atoms with Gasteiger partial charge < -0.3 is 19.7 Å². The molecule has 3 amide bonds. The van der Waals surface area contributed by atoms with Gasteiger partial charge in [-0.05, 0) is 56.6 Å². The maximum Gasteiger partial charge on any atom is 0.320 e. The van der Waals surface area contributed by atoms with Crippen LogP contribution in [-0.2, 0) is 15.8 Å². The zero-order valence-corrected chi connectivity index (χ0v) is 18.5. The minimum absolute atomic E-state index is 0.0843. The summed E-state index contributed by atoms with van der Waals surface area (Å²) in [6.45, 7) is 6.14. The largest absolute Gasteiger partial charge is 0.347 e. The van der Waals surface area contributed by atoms with Crippen molar-refractivity contribution >= 4 is 24.4 Å². The fourth-order valence-corrected chi connectivity index (χ4v) is 6.70. The van der Waals surface area contributed by atoms with Crippen LogP contribution in [0.3, 0.4) is 0 Å². The van der Waals surface area contributed by atoms with Gasteiger partial charge in [0.25, 0.3) is 0 Å². The van der Waals surface area contributed by atoms with Gasteiger partial charge in [0.2, 0.25) is 5.91 Å². The van der Waals surface area contributed by atoms with E-state index in [1.54, 1.807) is 25.5 Å². The lowest BCUT2D eigenvalue weighted by atomic mass is 9.56. The topological polar surface area (TPSA) is 69.7 Å². The Labute approximate surface area is 176 Å². The van der Waals surface area contributed by atoms with Crippen LogP contribution < -0.4 is 10.6 Å². The molecule has 5 rings (SSSR count). The van der Waals surface area contributed by atoms with Crippen molar-refractivity contribution in [3.8, 4) is 0 Å². The number of urea groups is 1. The average molecular weight is 433 g/mol. The normalized spacial score (nSPS) is 24.4. The van der Waals surface area contributed by atoms with Gasteiger partial charge in [-0.15, -0.1) is 0 Å². The van der Waals surface area contributed by atoms with E-state index < -0.39 is 7.14 Å². The van der Waals surface area contributed by atoms with Crippen LogP contribution in [0, 0.1) is 17.2 Å². The molecule has 4 fully saturated rings. The quantitative estimate of drug-likeness (QED) is 0.745. The van der Waals surface area contributed by atoms with Crippen molar-refractivity contribution in [3.63, 3.8) is 0 Å². The second-order valence-electron chi connectivity index (χ2n) is 10.4. The van der Waals surface area contributed by atoms with Crippen LogP contribution in [0.5, 0.6) is 0 Å². The summed E-state index contributed by atoms with van der Waals surface area (Å²) >= 11 is 0. The van der Waals surface area contributed by atoms with E-state index in [1.807, 2.05) is 9.80 Å². The van der Waals surface area contributed by atoms with Crippen molar-refractivity contribution in [1.29, 1.82) is 0 Å². The van der Waals surface area contributed by atoms with E-state index in [0.29, 0.717) is 42.7 Å². The summed E-state index contributed by atoms with van der Waals surface area (Å²) < 4.78 is 26.6. The predicted molar refractivity (Wildman–Crippen MR) is 113 cm³/mol. The molecule has 2 spiro atoms. The van der Waals surface area contributed by atoms with Crippen molar-refractivity contribution in [2.24, 2.45) is 11.3 Å². The first-order valence-electron chi connectivity index (χ1n) is 10.8. The summed E-state index contributed by atoms with van der Waals surface area (Å²) in [5, 5.41) is 3.60. The zero-order valence-electron chi connectivity index (χ0n) is 17.6. The number of carbonyl (C=O) groups is 2. The molecule has 3 heterocycles. The van der Waals surface area contributed by atoms with Crippen LogP contribution >= 0.6 is 7.14 Å². The molecular weight excluding hydrogens is 404 g/mol. The number of halogens is 1. The molecule has 3 aliphatic heterocycles. The SMILES string of the molecule is CP(C)(=O)c1ccc(CC2CC3(C2)CN(C(=O)N2CC4(CCC(=O)N4)C2)C3)c(F)c1. The number of rotatable bonds is 3. The maximum absolute atomic E-state index is 14.4. The lowest BCUT2D eigenvalue weighted by molar-refractivity contribution is -0.120. The van der Waals surface area contributed by atoms with Crippen LogP contribution in [-0.4, -0.2) is 66.8 Å². The Morgan fingerprint density at radius 1 is 1.20 bits per heavy atom. The molecular formula is C22H29FN3O3P. The molecule has 0 unspecified atom stereocenters. The fraction of sp³-hybridized carbons (Fsp3) is 0.636. The minimum Gasteiger partial charge on any atom is -0.347 e. The van der Waals surface area contributed by atoms with Crippen molar-refractivity contribution < 1.29 is 18.5 Å². The van der Waals surface area contributed by atoms with Gasteiger partial charge in [-0.2, -0.15) is 0 Å². The first kappa shape index (κ1) is 20.0. The van der Waals surface area contributed by atoms with Gasteiger partial charge >= 0.3 is 6.03 Å². The summed E-state index contributed by atoms with van der Waals surface area (Å²) in [7, 11) is -2.45. The first-order valence-corrected chi connectivity index (χ1v) is 13.4. The van der Waals surface area contributed by atoms with Gasteiger partial charge in [0.15, 0.2) is 0 Å². The fourth-order valence-electron chi connectivity index (χ4n) is 5.84. The first-order chi connectivity index (χ1) is 14.1. The summed E-state index contributed by atoms with van der Waals surface area (Å²) in [4.78, 5) is 27.8. The van der Waals surface area contributed by atoms with Crippen LogP contribution in [0.2, 0.25) is 0 Å². The third-order valence-corrected chi connectivity index (χ3v) is 8.95. The Balaban J connectivity index is 1.09. The number of carbonyl (C=O) groups excluding carboxylic acids is 2. The van der Waals surface area contributed by atoms with E-state index >= 15 is 0 Å². The highest BCUT2D eigenvalue weighted by Gasteiger charge is 2.56. The highest BCUT2D eigenvalue weighted by molar-refractivity contribution is 7.70. The molecule has 0 bridgehead atoms. The van der Waals surface area contributed by atoms with E-state index in [1.165, 1.54) is 6.07 Å².